The Bertz CT molecular complexity index is 349. The number of carbonyl (C=O) groups is 2. The molecule has 1 unspecified atom stereocenters. The standard InChI is InChI=1S/C10H14N2O3/c1-6(13)11-5-7-4-8-2-3-12(8)9(7)10(14)15/h8H,2-5H2,1H3,(H,11,13)(H,14,15). The second-order valence-corrected chi connectivity index (χ2v) is 4.01. The fraction of sp³-hybridized carbons (Fsp3) is 0.600. The second kappa shape index (κ2) is 3.56. The van der Waals surface area contributed by atoms with Crippen LogP contribution in [0.4, 0.5) is 0 Å². The van der Waals surface area contributed by atoms with E-state index in [1.54, 1.807) is 0 Å². The highest BCUT2D eigenvalue weighted by Crippen LogP contribution is 2.36. The molecule has 2 N–H and O–H groups in total. The largest absolute Gasteiger partial charge is 0.477 e. The second-order valence-electron chi connectivity index (χ2n) is 4.01. The first-order chi connectivity index (χ1) is 7.09. The molecule has 0 bridgehead atoms. The van der Waals surface area contributed by atoms with Crippen molar-refractivity contribution in [3.8, 4) is 0 Å². The molecule has 0 aliphatic carbocycles. The van der Waals surface area contributed by atoms with Gasteiger partial charge in [0.2, 0.25) is 5.91 Å². The van der Waals surface area contributed by atoms with Crippen LogP contribution in [0.5, 0.6) is 0 Å². The highest BCUT2D eigenvalue weighted by atomic mass is 16.4. The molecular formula is C10H14N2O3. The summed E-state index contributed by atoms with van der Waals surface area (Å²) in [6, 6.07) is 0.361. The van der Waals surface area contributed by atoms with Crippen molar-refractivity contribution in [2.45, 2.75) is 25.8 Å². The van der Waals surface area contributed by atoms with Crippen LogP contribution in [0.2, 0.25) is 0 Å². The van der Waals surface area contributed by atoms with Gasteiger partial charge < -0.3 is 15.3 Å². The summed E-state index contributed by atoms with van der Waals surface area (Å²) in [5.41, 5.74) is 1.25. The molecule has 0 saturated carbocycles. The van der Waals surface area contributed by atoms with Gasteiger partial charge in [-0.2, -0.15) is 0 Å². The number of carboxylic acids is 1. The molecule has 5 nitrogen and oxygen atoms in total. The summed E-state index contributed by atoms with van der Waals surface area (Å²) >= 11 is 0. The van der Waals surface area contributed by atoms with Crippen molar-refractivity contribution in [2.75, 3.05) is 13.1 Å². The predicted octanol–water partition coefficient (Wildman–Crippen LogP) is -0.0608. The van der Waals surface area contributed by atoms with Gasteiger partial charge in [-0.25, -0.2) is 4.79 Å². The number of amides is 1. The first kappa shape index (κ1) is 10.0. The zero-order valence-corrected chi connectivity index (χ0v) is 8.62. The molecule has 1 amide bonds. The van der Waals surface area contributed by atoms with Crippen LogP contribution in [-0.2, 0) is 9.59 Å². The van der Waals surface area contributed by atoms with Crippen LogP contribution in [0.25, 0.3) is 0 Å². The van der Waals surface area contributed by atoms with E-state index in [-0.39, 0.29) is 5.91 Å². The van der Waals surface area contributed by atoms with Crippen molar-refractivity contribution in [3.63, 3.8) is 0 Å². The van der Waals surface area contributed by atoms with E-state index >= 15 is 0 Å². The smallest absolute Gasteiger partial charge is 0.352 e. The zero-order valence-electron chi connectivity index (χ0n) is 8.62. The van der Waals surface area contributed by atoms with Crippen molar-refractivity contribution in [1.82, 2.24) is 10.2 Å². The summed E-state index contributed by atoms with van der Waals surface area (Å²) in [6.07, 6.45) is 1.84. The molecule has 2 heterocycles. The van der Waals surface area contributed by atoms with Gasteiger partial charge in [-0.05, 0) is 18.4 Å². The monoisotopic (exact) mass is 210 g/mol. The molecule has 1 saturated heterocycles. The van der Waals surface area contributed by atoms with Gasteiger partial charge in [-0.1, -0.05) is 0 Å². The van der Waals surface area contributed by atoms with Crippen molar-refractivity contribution < 1.29 is 14.7 Å². The van der Waals surface area contributed by atoms with E-state index in [1.165, 1.54) is 6.92 Å². The normalized spacial score (nSPS) is 23.5. The van der Waals surface area contributed by atoms with Crippen LogP contribution >= 0.6 is 0 Å². The Kier molecular flexibility index (Phi) is 2.38. The highest BCUT2D eigenvalue weighted by molar-refractivity contribution is 5.88. The lowest BCUT2D eigenvalue weighted by molar-refractivity contribution is -0.135. The lowest BCUT2D eigenvalue weighted by Crippen LogP contribution is -2.44. The third kappa shape index (κ3) is 1.69. The van der Waals surface area contributed by atoms with E-state index in [1.807, 2.05) is 4.90 Å². The molecule has 0 radical (unpaired) electrons. The summed E-state index contributed by atoms with van der Waals surface area (Å²) in [7, 11) is 0. The lowest BCUT2D eigenvalue weighted by atomic mass is 10.0. The van der Waals surface area contributed by atoms with Gasteiger partial charge in [-0.3, -0.25) is 4.79 Å². The van der Waals surface area contributed by atoms with E-state index in [2.05, 4.69) is 5.32 Å². The summed E-state index contributed by atoms with van der Waals surface area (Å²) < 4.78 is 0. The molecule has 5 heteroatoms. The molecule has 2 aliphatic rings. The third-order valence-electron chi connectivity index (χ3n) is 3.00. The number of aliphatic carboxylic acids is 1. The van der Waals surface area contributed by atoms with E-state index < -0.39 is 5.97 Å². The Morgan fingerprint density at radius 1 is 1.60 bits per heavy atom. The fourth-order valence-electron chi connectivity index (χ4n) is 2.19. The van der Waals surface area contributed by atoms with Gasteiger partial charge in [0.25, 0.3) is 0 Å². The van der Waals surface area contributed by atoms with Gasteiger partial charge in [0.05, 0.1) is 0 Å². The van der Waals surface area contributed by atoms with Gasteiger partial charge in [0, 0.05) is 26.1 Å². The van der Waals surface area contributed by atoms with Crippen LogP contribution in [0.15, 0.2) is 11.3 Å². The van der Waals surface area contributed by atoms with Gasteiger partial charge in [0.15, 0.2) is 0 Å². The number of carbonyl (C=O) groups excluding carboxylic acids is 1. The number of nitrogens with zero attached hydrogens (tertiary/aromatic N) is 1. The molecule has 15 heavy (non-hydrogen) atoms. The molecular weight excluding hydrogens is 196 g/mol. The fourth-order valence-corrected chi connectivity index (χ4v) is 2.19. The van der Waals surface area contributed by atoms with Gasteiger partial charge in [0.1, 0.15) is 5.70 Å². The topological polar surface area (TPSA) is 69.6 Å². The lowest BCUT2D eigenvalue weighted by Gasteiger charge is -2.37. The Morgan fingerprint density at radius 3 is 2.80 bits per heavy atom. The summed E-state index contributed by atoms with van der Waals surface area (Å²) in [4.78, 5) is 23.7. The zero-order chi connectivity index (χ0) is 11.0. The van der Waals surface area contributed by atoms with E-state index in [0.717, 1.165) is 25.0 Å². The number of hydrogen-bond acceptors (Lipinski definition) is 3. The van der Waals surface area contributed by atoms with Gasteiger partial charge >= 0.3 is 5.97 Å². The summed E-state index contributed by atoms with van der Waals surface area (Å²) in [5.74, 6) is -1.00. The first-order valence-corrected chi connectivity index (χ1v) is 5.06. The van der Waals surface area contributed by atoms with Crippen molar-refractivity contribution in [3.05, 3.63) is 11.3 Å². The van der Waals surface area contributed by atoms with Crippen molar-refractivity contribution in [2.24, 2.45) is 0 Å². The number of rotatable bonds is 3. The number of hydrogen-bond donors (Lipinski definition) is 2. The van der Waals surface area contributed by atoms with Crippen molar-refractivity contribution >= 4 is 11.9 Å². The Morgan fingerprint density at radius 2 is 2.33 bits per heavy atom. The Labute approximate surface area is 87.7 Å². The molecule has 82 valence electrons. The summed E-state index contributed by atoms with van der Waals surface area (Å²) in [5, 5.41) is 11.7. The molecule has 1 atom stereocenters. The maximum atomic E-state index is 11.0. The van der Waals surface area contributed by atoms with Crippen LogP contribution in [0, 0.1) is 0 Å². The molecule has 1 fully saturated rings. The molecule has 0 aromatic heterocycles. The minimum Gasteiger partial charge on any atom is -0.477 e. The molecule has 0 aromatic carbocycles. The van der Waals surface area contributed by atoms with E-state index in [9.17, 15) is 9.59 Å². The average molecular weight is 210 g/mol. The quantitative estimate of drug-likeness (QED) is 0.684. The van der Waals surface area contributed by atoms with Crippen LogP contribution in [0.1, 0.15) is 19.8 Å². The van der Waals surface area contributed by atoms with E-state index in [4.69, 9.17) is 5.11 Å². The summed E-state index contributed by atoms with van der Waals surface area (Å²) in [6.45, 7) is 2.63. The number of carboxylic acid groups (broad SMARTS) is 1. The minimum atomic E-state index is -0.877. The van der Waals surface area contributed by atoms with Crippen LogP contribution in [-0.4, -0.2) is 41.0 Å². The number of fused-ring (bicyclic) bond motifs is 1. The van der Waals surface area contributed by atoms with Crippen LogP contribution < -0.4 is 5.32 Å². The minimum absolute atomic E-state index is 0.124. The SMILES string of the molecule is CC(=O)NCC1=C(C(=O)O)N2CCC2C1. The number of nitrogens with one attached hydrogen (secondary N) is 1. The van der Waals surface area contributed by atoms with Gasteiger partial charge in [-0.15, -0.1) is 0 Å². The van der Waals surface area contributed by atoms with Crippen molar-refractivity contribution in [1.29, 1.82) is 0 Å². The predicted molar refractivity (Wildman–Crippen MR) is 53.1 cm³/mol. The molecule has 2 aliphatic heterocycles. The molecule has 0 spiro atoms. The van der Waals surface area contributed by atoms with E-state index in [0.29, 0.717) is 18.3 Å². The Balaban J connectivity index is 2.11. The maximum Gasteiger partial charge on any atom is 0.352 e. The maximum absolute atomic E-state index is 11.0. The Hall–Kier alpha value is -1.52. The molecule has 0 aromatic rings. The van der Waals surface area contributed by atoms with Crippen LogP contribution in [0.3, 0.4) is 0 Å². The highest BCUT2D eigenvalue weighted by Gasteiger charge is 2.40. The average Bonchev–Trinajstić information content (AvgIpc) is 2.35. The molecule has 2 rings (SSSR count). The third-order valence-corrected chi connectivity index (χ3v) is 3.00. The first-order valence-electron chi connectivity index (χ1n) is 5.06.